The van der Waals surface area contributed by atoms with Gasteiger partial charge in [0, 0.05) is 18.7 Å². The third-order valence-corrected chi connectivity index (χ3v) is 2.99. The van der Waals surface area contributed by atoms with E-state index in [9.17, 15) is 8.78 Å². The minimum atomic E-state index is -2.48. The first-order chi connectivity index (χ1) is 10.1. The van der Waals surface area contributed by atoms with E-state index < -0.39 is 13.0 Å². The molecule has 0 aliphatic rings. The van der Waals surface area contributed by atoms with Crippen molar-refractivity contribution >= 4 is 11.6 Å². The predicted octanol–water partition coefficient (Wildman–Crippen LogP) is 2.31. The van der Waals surface area contributed by atoms with Crippen LogP contribution in [0.15, 0.2) is 6.33 Å². The van der Waals surface area contributed by atoms with Gasteiger partial charge in [-0.05, 0) is 12.8 Å². The molecule has 1 aromatic heterocycles. The maximum Gasteiger partial charge on any atom is 0.255 e. The number of aromatic nitrogens is 2. The van der Waals surface area contributed by atoms with Crippen LogP contribution < -0.4 is 10.2 Å². The molecule has 0 radical (unpaired) electrons. The van der Waals surface area contributed by atoms with Crippen molar-refractivity contribution in [1.29, 1.82) is 0 Å². The number of nitrogens with one attached hydrogen (secondary N) is 1. The second kappa shape index (κ2) is 9.44. The largest absolute Gasteiger partial charge is 0.395 e. The molecule has 5 nitrogen and oxygen atoms in total. The summed E-state index contributed by atoms with van der Waals surface area (Å²) in [5, 5.41) is 12.3. The van der Waals surface area contributed by atoms with Crippen molar-refractivity contribution in [2.24, 2.45) is 0 Å². The molecule has 0 saturated heterocycles. The van der Waals surface area contributed by atoms with Crippen molar-refractivity contribution in [2.75, 3.05) is 36.5 Å². The van der Waals surface area contributed by atoms with Gasteiger partial charge in [-0.15, -0.1) is 0 Å². The summed E-state index contributed by atoms with van der Waals surface area (Å²) in [5.41, 5.74) is 0.836. The smallest absolute Gasteiger partial charge is 0.255 e. The second-order valence-corrected chi connectivity index (χ2v) is 4.76. The quantitative estimate of drug-likeness (QED) is 0.694. The summed E-state index contributed by atoms with van der Waals surface area (Å²) in [6.45, 7) is 4.32. The summed E-state index contributed by atoms with van der Waals surface area (Å²) in [6, 6.07) is 0. The van der Waals surface area contributed by atoms with Crippen LogP contribution in [0.4, 0.5) is 20.4 Å². The summed E-state index contributed by atoms with van der Waals surface area (Å²) in [7, 11) is 0. The van der Waals surface area contributed by atoms with Gasteiger partial charge in [0.25, 0.3) is 6.43 Å². The lowest BCUT2D eigenvalue weighted by Crippen LogP contribution is -2.33. The molecule has 0 spiro atoms. The first-order valence-corrected chi connectivity index (χ1v) is 7.35. The van der Waals surface area contributed by atoms with Crippen LogP contribution in [0.1, 0.15) is 32.3 Å². The summed E-state index contributed by atoms with van der Waals surface area (Å²) in [5.74, 6) is 1.18. The van der Waals surface area contributed by atoms with Crippen molar-refractivity contribution in [3.8, 4) is 0 Å². The van der Waals surface area contributed by atoms with E-state index in [0.717, 1.165) is 24.9 Å². The lowest BCUT2D eigenvalue weighted by molar-refractivity contribution is 0.152. The molecule has 1 rings (SSSR count). The third kappa shape index (κ3) is 5.41. The standard InChI is InChI=1S/C14H24F2N4O/c1-3-5-11-13(17-6-4-2)18-10-19-14(11)20(7-8-21)9-12(15)16/h10,12,21H,3-9H2,1-2H3,(H,17,18,19). The van der Waals surface area contributed by atoms with Gasteiger partial charge in [-0.2, -0.15) is 0 Å². The van der Waals surface area contributed by atoms with Gasteiger partial charge in [-0.25, -0.2) is 18.7 Å². The number of aliphatic hydroxyl groups is 1. The monoisotopic (exact) mass is 302 g/mol. The molecule has 1 heterocycles. The summed E-state index contributed by atoms with van der Waals surface area (Å²) >= 11 is 0. The fourth-order valence-corrected chi connectivity index (χ4v) is 2.12. The van der Waals surface area contributed by atoms with Crippen LogP contribution in [0.25, 0.3) is 0 Å². The van der Waals surface area contributed by atoms with Gasteiger partial charge < -0.3 is 15.3 Å². The third-order valence-electron chi connectivity index (χ3n) is 2.99. The molecule has 0 atom stereocenters. The molecule has 1 aromatic rings. The molecular weight excluding hydrogens is 278 g/mol. The lowest BCUT2D eigenvalue weighted by atomic mass is 10.1. The van der Waals surface area contributed by atoms with E-state index in [-0.39, 0.29) is 13.2 Å². The number of anilines is 2. The molecular formula is C14H24F2N4O. The van der Waals surface area contributed by atoms with Crippen LogP contribution in [0, 0.1) is 0 Å². The molecule has 0 saturated carbocycles. The minimum absolute atomic E-state index is 0.130. The summed E-state index contributed by atoms with van der Waals surface area (Å²) in [6.07, 6.45) is 1.41. The van der Waals surface area contributed by atoms with Crippen LogP contribution in [0.3, 0.4) is 0 Å². The molecule has 0 aliphatic heterocycles. The Morgan fingerprint density at radius 2 is 2.05 bits per heavy atom. The number of aliphatic hydroxyl groups excluding tert-OH is 1. The van der Waals surface area contributed by atoms with Crippen LogP contribution in [-0.2, 0) is 6.42 Å². The fourth-order valence-electron chi connectivity index (χ4n) is 2.12. The Balaban J connectivity index is 3.11. The van der Waals surface area contributed by atoms with Gasteiger partial charge in [0.1, 0.15) is 18.0 Å². The Kier molecular flexibility index (Phi) is 7.89. The molecule has 0 fully saturated rings. The van der Waals surface area contributed by atoms with Crippen LogP contribution in [-0.4, -0.2) is 47.7 Å². The summed E-state index contributed by atoms with van der Waals surface area (Å²) < 4.78 is 25.5. The average molecular weight is 302 g/mol. The molecule has 2 N–H and O–H groups in total. The van der Waals surface area contributed by atoms with E-state index >= 15 is 0 Å². The zero-order valence-corrected chi connectivity index (χ0v) is 12.6. The predicted molar refractivity (Wildman–Crippen MR) is 80.1 cm³/mol. The van der Waals surface area contributed by atoms with Crippen LogP contribution >= 0.6 is 0 Å². The highest BCUT2D eigenvalue weighted by Crippen LogP contribution is 2.25. The molecule has 120 valence electrons. The van der Waals surface area contributed by atoms with Crippen molar-refractivity contribution in [2.45, 2.75) is 39.5 Å². The van der Waals surface area contributed by atoms with Gasteiger partial charge in [-0.3, -0.25) is 0 Å². The van der Waals surface area contributed by atoms with Crippen LogP contribution in [0.5, 0.6) is 0 Å². The highest BCUT2D eigenvalue weighted by Gasteiger charge is 2.19. The van der Waals surface area contributed by atoms with Gasteiger partial charge in [0.2, 0.25) is 0 Å². The molecule has 0 aliphatic carbocycles. The van der Waals surface area contributed by atoms with Crippen LogP contribution in [0.2, 0.25) is 0 Å². The highest BCUT2D eigenvalue weighted by atomic mass is 19.3. The number of hydrogen-bond donors (Lipinski definition) is 2. The van der Waals surface area contributed by atoms with E-state index in [0.29, 0.717) is 18.1 Å². The molecule has 0 aromatic carbocycles. The Labute approximate surface area is 124 Å². The Bertz CT molecular complexity index is 418. The van der Waals surface area contributed by atoms with Gasteiger partial charge in [0.15, 0.2) is 0 Å². The zero-order chi connectivity index (χ0) is 15.7. The highest BCUT2D eigenvalue weighted by molar-refractivity contribution is 5.59. The minimum Gasteiger partial charge on any atom is -0.395 e. The van der Waals surface area contributed by atoms with Gasteiger partial charge in [0.05, 0.1) is 13.2 Å². The van der Waals surface area contributed by atoms with E-state index in [2.05, 4.69) is 15.3 Å². The zero-order valence-electron chi connectivity index (χ0n) is 12.6. The number of halogens is 2. The Morgan fingerprint density at radius 1 is 1.29 bits per heavy atom. The van der Waals surface area contributed by atoms with Crippen molar-refractivity contribution in [3.05, 3.63) is 11.9 Å². The number of rotatable bonds is 10. The maximum atomic E-state index is 12.7. The Morgan fingerprint density at radius 3 is 2.62 bits per heavy atom. The Hall–Kier alpha value is -1.50. The van der Waals surface area contributed by atoms with E-state index in [1.54, 1.807) is 0 Å². The first kappa shape index (κ1) is 17.6. The van der Waals surface area contributed by atoms with E-state index in [1.807, 2.05) is 13.8 Å². The van der Waals surface area contributed by atoms with Crippen molar-refractivity contribution in [1.82, 2.24) is 9.97 Å². The van der Waals surface area contributed by atoms with Crippen molar-refractivity contribution < 1.29 is 13.9 Å². The number of hydrogen-bond acceptors (Lipinski definition) is 5. The lowest BCUT2D eigenvalue weighted by Gasteiger charge is -2.25. The molecule has 0 unspecified atom stereocenters. The maximum absolute atomic E-state index is 12.7. The molecule has 7 heteroatoms. The number of alkyl halides is 2. The second-order valence-electron chi connectivity index (χ2n) is 4.76. The molecule has 21 heavy (non-hydrogen) atoms. The van der Waals surface area contributed by atoms with Crippen molar-refractivity contribution in [3.63, 3.8) is 0 Å². The fraction of sp³-hybridized carbons (Fsp3) is 0.714. The molecule has 0 amide bonds. The first-order valence-electron chi connectivity index (χ1n) is 7.35. The van der Waals surface area contributed by atoms with Gasteiger partial charge in [-0.1, -0.05) is 20.3 Å². The topological polar surface area (TPSA) is 61.3 Å². The van der Waals surface area contributed by atoms with E-state index in [1.165, 1.54) is 11.2 Å². The van der Waals surface area contributed by atoms with E-state index in [4.69, 9.17) is 5.11 Å². The SMILES string of the molecule is CCCNc1ncnc(N(CCO)CC(F)F)c1CCC. The molecule has 0 bridgehead atoms. The average Bonchev–Trinajstić information content (AvgIpc) is 2.45. The number of nitrogens with zero attached hydrogens (tertiary/aromatic N) is 3. The summed E-state index contributed by atoms with van der Waals surface area (Å²) in [4.78, 5) is 9.81. The normalized spacial score (nSPS) is 11.0. The van der Waals surface area contributed by atoms with Gasteiger partial charge >= 0.3 is 0 Å².